The third-order valence-corrected chi connectivity index (χ3v) is 6.66. The van der Waals surface area contributed by atoms with E-state index in [0.717, 1.165) is 36.3 Å². The van der Waals surface area contributed by atoms with Crippen LogP contribution in [0.2, 0.25) is 0 Å². The number of rotatable bonds is 0. The summed E-state index contributed by atoms with van der Waals surface area (Å²) in [5.74, 6) is 2.39. The number of likely N-dealkylation sites (N-methyl/N-ethyl adjacent to an activating group) is 2. The molecule has 4 heterocycles. The molecule has 0 spiro atoms. The number of aromatic nitrogens is 7. The number of amides is 2. The first-order valence-electron chi connectivity index (χ1n) is 15.7. The maximum atomic E-state index is 10.8. The second kappa shape index (κ2) is 21.6. The van der Waals surface area contributed by atoms with Crippen LogP contribution in [0.1, 0.15) is 45.4 Å². The highest BCUT2D eigenvalue weighted by molar-refractivity contribution is 5.75. The summed E-state index contributed by atoms with van der Waals surface area (Å²) in [5, 5.41) is 0. The molecule has 5 aromatic rings. The number of hydrogen-bond donors (Lipinski definition) is 0. The van der Waals surface area contributed by atoms with Gasteiger partial charge in [0.25, 0.3) is 0 Å². The van der Waals surface area contributed by atoms with E-state index in [9.17, 15) is 9.59 Å². The molecule has 1 aliphatic rings. The predicted octanol–water partition coefficient (Wildman–Crippen LogP) is 5.90. The summed E-state index contributed by atoms with van der Waals surface area (Å²) < 4.78 is 3.06. The largest absolute Gasteiger partial charge is 0.327 e. The van der Waals surface area contributed by atoms with Crippen LogP contribution in [0, 0.1) is 55.4 Å². The lowest BCUT2D eigenvalue weighted by Gasteiger charge is -2.07. The van der Waals surface area contributed by atoms with E-state index >= 15 is 0 Å². The number of aryl methyl sites for hydroxylation is 10. The van der Waals surface area contributed by atoms with E-state index in [1.54, 1.807) is 42.5 Å². The molecule has 1 aliphatic heterocycles. The van der Waals surface area contributed by atoms with Crippen LogP contribution in [0.15, 0.2) is 84.3 Å². The Labute approximate surface area is 286 Å². The van der Waals surface area contributed by atoms with Gasteiger partial charge in [0, 0.05) is 65.6 Å². The van der Waals surface area contributed by atoms with Crippen LogP contribution in [0.4, 0.5) is 4.79 Å². The Morgan fingerprint density at radius 2 is 0.979 bits per heavy atom. The zero-order valence-electron chi connectivity index (χ0n) is 30.8. The van der Waals surface area contributed by atoms with Crippen LogP contribution in [-0.4, -0.2) is 77.1 Å². The van der Waals surface area contributed by atoms with Gasteiger partial charge in [-0.05, 0) is 61.5 Å². The number of hydrogen-bond acceptors (Lipinski definition) is 7. The summed E-state index contributed by atoms with van der Waals surface area (Å²) >= 11 is 0. The molecule has 0 saturated carbocycles. The van der Waals surface area contributed by atoms with Crippen molar-refractivity contribution in [2.24, 2.45) is 14.1 Å². The average molecular weight is 656 g/mol. The Morgan fingerprint density at radius 3 is 1.21 bits per heavy atom. The summed E-state index contributed by atoms with van der Waals surface area (Å²) in [4.78, 5) is 44.4. The van der Waals surface area contributed by atoms with E-state index in [-0.39, 0.29) is 11.7 Å². The minimum atomic E-state index is 0.0185. The molecule has 2 amide bonds. The van der Waals surface area contributed by atoms with Crippen LogP contribution in [0.3, 0.4) is 0 Å². The highest BCUT2D eigenvalue weighted by atomic mass is 16.2. The van der Waals surface area contributed by atoms with Crippen molar-refractivity contribution in [2.75, 3.05) is 27.2 Å². The Balaban J connectivity index is 0.000000288. The zero-order valence-corrected chi connectivity index (χ0v) is 30.8. The molecule has 0 aliphatic carbocycles. The second-order valence-corrected chi connectivity index (χ2v) is 11.6. The van der Waals surface area contributed by atoms with Gasteiger partial charge in [0.1, 0.15) is 23.8 Å². The van der Waals surface area contributed by atoms with Gasteiger partial charge >= 0.3 is 11.7 Å². The van der Waals surface area contributed by atoms with E-state index in [2.05, 4.69) is 101 Å². The number of carbonyl (C=O) groups excluding carboxylic acids is 1. The van der Waals surface area contributed by atoms with Gasteiger partial charge in [0.05, 0.1) is 0 Å². The molecule has 258 valence electrons. The fraction of sp³-hybridized carbons (Fsp3) is 0.378. The molecular weight excluding hydrogens is 602 g/mol. The number of nitrogens with zero attached hydrogens (tertiary/aromatic N) is 9. The minimum Gasteiger partial charge on any atom is -0.326 e. The molecule has 0 atom stereocenters. The van der Waals surface area contributed by atoms with Crippen LogP contribution in [0.5, 0.6) is 0 Å². The number of carbonyl (C=O) groups is 1. The summed E-state index contributed by atoms with van der Waals surface area (Å²) in [6, 6.07) is 18.9. The number of imidazole rings is 1. The molecule has 2 aromatic carbocycles. The van der Waals surface area contributed by atoms with E-state index < -0.39 is 0 Å². The minimum absolute atomic E-state index is 0.0185. The number of benzene rings is 2. The molecule has 3 aromatic heterocycles. The Morgan fingerprint density at radius 1 is 0.542 bits per heavy atom. The maximum Gasteiger partial charge on any atom is 0.327 e. The lowest BCUT2D eigenvalue weighted by Crippen LogP contribution is -2.25. The van der Waals surface area contributed by atoms with Gasteiger partial charge < -0.3 is 18.9 Å². The van der Waals surface area contributed by atoms with Gasteiger partial charge in [0.15, 0.2) is 0 Å². The highest BCUT2D eigenvalue weighted by Gasteiger charge is 2.20. The van der Waals surface area contributed by atoms with Crippen molar-refractivity contribution >= 4 is 6.03 Å². The molecular formula is C37H53N9O2. The summed E-state index contributed by atoms with van der Waals surface area (Å²) in [6.45, 7) is 17.7. The fourth-order valence-corrected chi connectivity index (χ4v) is 3.87. The van der Waals surface area contributed by atoms with Gasteiger partial charge in [-0.1, -0.05) is 70.8 Å². The van der Waals surface area contributed by atoms with Crippen molar-refractivity contribution in [1.82, 2.24) is 43.9 Å². The van der Waals surface area contributed by atoms with Gasteiger partial charge in [-0.2, -0.15) is 0 Å². The molecule has 11 nitrogen and oxygen atoms in total. The van der Waals surface area contributed by atoms with E-state index in [0.29, 0.717) is 0 Å². The van der Waals surface area contributed by atoms with Gasteiger partial charge in [-0.25, -0.2) is 34.5 Å². The Hall–Kier alpha value is -5.19. The van der Waals surface area contributed by atoms with E-state index in [1.165, 1.54) is 37.7 Å². The van der Waals surface area contributed by atoms with Crippen LogP contribution >= 0.6 is 0 Å². The van der Waals surface area contributed by atoms with Crippen LogP contribution < -0.4 is 5.69 Å². The normalized spacial score (nSPS) is 11.2. The van der Waals surface area contributed by atoms with Crippen molar-refractivity contribution in [3.05, 3.63) is 135 Å². The monoisotopic (exact) mass is 655 g/mol. The Bertz CT molecular complexity index is 1500. The van der Waals surface area contributed by atoms with Gasteiger partial charge in [0.2, 0.25) is 0 Å². The fourth-order valence-electron chi connectivity index (χ4n) is 3.87. The van der Waals surface area contributed by atoms with Crippen molar-refractivity contribution in [3.8, 4) is 0 Å². The highest BCUT2D eigenvalue weighted by Crippen LogP contribution is 2.01. The van der Waals surface area contributed by atoms with E-state index in [4.69, 9.17) is 0 Å². The predicted molar refractivity (Wildman–Crippen MR) is 194 cm³/mol. The lowest BCUT2D eigenvalue weighted by atomic mass is 10.2. The molecule has 0 radical (unpaired) electrons. The van der Waals surface area contributed by atoms with Crippen molar-refractivity contribution in [2.45, 2.75) is 55.4 Å². The second-order valence-electron chi connectivity index (χ2n) is 11.6. The van der Waals surface area contributed by atoms with Crippen LogP contribution in [0.25, 0.3) is 0 Å². The summed E-state index contributed by atoms with van der Waals surface area (Å²) in [6.07, 6.45) is 6.72. The molecule has 0 N–H and O–H groups in total. The van der Waals surface area contributed by atoms with Gasteiger partial charge in [-0.3, -0.25) is 0 Å². The van der Waals surface area contributed by atoms with Crippen LogP contribution in [-0.2, 0) is 14.1 Å². The SMILES string of the molecule is CN1CCN(C)C1=O.Cc1ccc(C)cc1.Cc1cccc(C)c1.Cc1ccnc(C)n1.Cc1ncnc(C)n1.Cn1ccn(C)c1=O. The third kappa shape index (κ3) is 17.5. The first kappa shape index (κ1) is 40.8. The third-order valence-electron chi connectivity index (χ3n) is 6.66. The maximum absolute atomic E-state index is 10.8. The summed E-state index contributed by atoms with van der Waals surface area (Å²) in [7, 11) is 7.07. The van der Waals surface area contributed by atoms with E-state index in [1.807, 2.05) is 47.9 Å². The standard InChI is InChI=1S/2C8H10.C6H8N2.C5H7N3.C5H10N2O.C5H8N2O/c1-7-3-5-8(2)6-4-7;1-7-4-3-5-8(2)6-7;1-5-3-4-7-6(2)8-5;1-4-6-3-7-5(2)8-4;2*1-6-3-4-7(2)5(6)8/h2*3-6H,1-2H3;3-4H,1-2H3;3H,1-2H3;3-4H2,1-2H3;3-4H,1-2H3. The lowest BCUT2D eigenvalue weighted by molar-refractivity contribution is 0.205. The molecule has 0 unspecified atom stereocenters. The first-order valence-corrected chi connectivity index (χ1v) is 15.7. The quantitative estimate of drug-likeness (QED) is 0.204. The Kier molecular flexibility index (Phi) is 18.4. The smallest absolute Gasteiger partial charge is 0.326 e. The average Bonchev–Trinajstić information content (AvgIpc) is 3.49. The van der Waals surface area contributed by atoms with Crippen molar-refractivity contribution < 1.29 is 4.79 Å². The zero-order chi connectivity index (χ0) is 36.2. The molecule has 1 saturated heterocycles. The van der Waals surface area contributed by atoms with Gasteiger partial charge in [-0.15, -0.1) is 0 Å². The molecule has 0 bridgehead atoms. The van der Waals surface area contributed by atoms with Crippen molar-refractivity contribution in [1.29, 1.82) is 0 Å². The molecule has 11 heteroatoms. The summed E-state index contributed by atoms with van der Waals surface area (Å²) in [5.41, 5.74) is 6.38. The molecule has 48 heavy (non-hydrogen) atoms. The first-order chi connectivity index (χ1) is 22.6. The molecule has 6 rings (SSSR count). The molecule has 1 fully saturated rings. The number of urea groups is 1. The van der Waals surface area contributed by atoms with Crippen molar-refractivity contribution in [3.63, 3.8) is 0 Å². The topological polar surface area (TPSA) is 115 Å².